The summed E-state index contributed by atoms with van der Waals surface area (Å²) in [4.78, 5) is 2.41. The predicted molar refractivity (Wildman–Crippen MR) is 288 cm³/mol. The second-order valence-electron chi connectivity index (χ2n) is 17.7. The van der Waals surface area contributed by atoms with Crippen molar-refractivity contribution < 1.29 is 0 Å². The van der Waals surface area contributed by atoms with Crippen molar-refractivity contribution in [2.75, 3.05) is 4.90 Å². The number of nitrogens with zero attached hydrogens (tertiary/aromatic N) is 2. The number of anilines is 3. The first-order valence-corrected chi connectivity index (χ1v) is 23.6. The molecule has 0 amide bonds. The topological polar surface area (TPSA) is 8.17 Å². The Hall–Kier alpha value is -8.72. The lowest BCUT2D eigenvalue weighted by atomic mass is 9.88. The van der Waals surface area contributed by atoms with Gasteiger partial charge in [0.15, 0.2) is 0 Å². The molecule has 0 saturated carbocycles. The fraction of sp³-hybridized carbons (Fsp3) is 0.0303. The average molecular weight is 869 g/mol. The molecule has 0 fully saturated rings. The lowest BCUT2D eigenvalue weighted by Crippen LogP contribution is -2.10. The molecule has 0 bridgehead atoms. The highest BCUT2D eigenvalue weighted by atomic mass is 15.1. The minimum Gasteiger partial charge on any atom is -0.310 e. The van der Waals surface area contributed by atoms with Gasteiger partial charge in [-0.25, -0.2) is 0 Å². The van der Waals surface area contributed by atoms with Crippen LogP contribution >= 0.6 is 0 Å². The Balaban J connectivity index is 0.970. The van der Waals surface area contributed by atoms with Crippen molar-refractivity contribution in [3.05, 3.63) is 284 Å². The van der Waals surface area contributed by atoms with Gasteiger partial charge in [-0.3, -0.25) is 0 Å². The molecule has 322 valence electrons. The molecular formula is C66H48N2. The molecule has 0 spiro atoms. The van der Waals surface area contributed by atoms with Gasteiger partial charge < -0.3 is 9.47 Å². The van der Waals surface area contributed by atoms with E-state index in [4.69, 9.17) is 0 Å². The van der Waals surface area contributed by atoms with Crippen molar-refractivity contribution >= 4 is 44.4 Å². The van der Waals surface area contributed by atoms with E-state index in [0.29, 0.717) is 5.92 Å². The van der Waals surface area contributed by atoms with Crippen LogP contribution in [0.5, 0.6) is 0 Å². The third-order valence-electron chi connectivity index (χ3n) is 13.5. The zero-order valence-corrected chi connectivity index (χ0v) is 37.7. The van der Waals surface area contributed by atoms with E-state index in [1.54, 1.807) is 0 Å². The number of benzene rings is 10. The summed E-state index contributed by atoms with van der Waals surface area (Å²) in [6.45, 7) is 0. The highest BCUT2D eigenvalue weighted by Crippen LogP contribution is 2.44. The van der Waals surface area contributed by atoms with Crippen molar-refractivity contribution in [1.82, 2.24) is 4.57 Å². The number of fused-ring (bicyclic) bond motifs is 3. The molecule has 1 aromatic heterocycles. The maximum Gasteiger partial charge on any atom is 0.0553 e. The lowest BCUT2D eigenvalue weighted by Gasteiger charge is -2.27. The number of hydrogen-bond donors (Lipinski definition) is 0. The van der Waals surface area contributed by atoms with E-state index in [1.807, 2.05) is 0 Å². The van der Waals surface area contributed by atoms with Gasteiger partial charge in [-0.2, -0.15) is 0 Å². The smallest absolute Gasteiger partial charge is 0.0553 e. The molecule has 12 rings (SSSR count). The second-order valence-corrected chi connectivity index (χ2v) is 17.7. The molecule has 1 atom stereocenters. The van der Waals surface area contributed by atoms with Gasteiger partial charge in [0.05, 0.1) is 11.0 Å². The predicted octanol–water partition coefficient (Wildman–Crippen LogP) is 18.0. The first-order valence-electron chi connectivity index (χ1n) is 23.6. The van der Waals surface area contributed by atoms with Gasteiger partial charge in [-0.15, -0.1) is 0 Å². The summed E-state index contributed by atoms with van der Waals surface area (Å²) in [5, 5.41) is 2.47. The van der Waals surface area contributed by atoms with Crippen LogP contribution in [0.3, 0.4) is 0 Å². The number of aromatic nitrogens is 1. The molecule has 68 heavy (non-hydrogen) atoms. The van der Waals surface area contributed by atoms with Gasteiger partial charge >= 0.3 is 0 Å². The molecule has 10 aromatic carbocycles. The molecule has 0 N–H and O–H groups in total. The molecule has 0 radical (unpaired) electrons. The largest absolute Gasteiger partial charge is 0.310 e. The summed E-state index contributed by atoms with van der Waals surface area (Å²) >= 11 is 0. The zero-order valence-electron chi connectivity index (χ0n) is 37.7. The molecule has 1 heterocycles. The highest BCUT2D eigenvalue weighted by molar-refractivity contribution is 6.17. The van der Waals surface area contributed by atoms with Crippen LogP contribution in [0.2, 0.25) is 0 Å². The minimum atomic E-state index is 0.318. The SMILES string of the molecule is C1=CC(c2ccc(N(c3ccc(-c4ccc(-c5ccccc5)cc4)cc3)c3cccc(-c4cc(-c5ccccc5)cc5c4c4ccccc4n5-c4ccccc4)c3)cc2)CC=C1c1ccccc1. The van der Waals surface area contributed by atoms with E-state index in [9.17, 15) is 0 Å². The number of rotatable bonds is 10. The number of allylic oxidation sites excluding steroid dienone is 4. The molecule has 1 aliphatic carbocycles. The van der Waals surface area contributed by atoms with Crippen LogP contribution in [-0.2, 0) is 0 Å². The molecule has 1 unspecified atom stereocenters. The Morgan fingerprint density at radius 1 is 0.368 bits per heavy atom. The van der Waals surface area contributed by atoms with Crippen LogP contribution in [0.15, 0.2) is 273 Å². The first kappa shape index (κ1) is 40.8. The van der Waals surface area contributed by atoms with E-state index in [2.05, 4.69) is 282 Å². The fourth-order valence-electron chi connectivity index (χ4n) is 10.1. The Bertz CT molecular complexity index is 3590. The van der Waals surface area contributed by atoms with Gasteiger partial charge in [-0.05, 0) is 134 Å². The first-order chi connectivity index (χ1) is 33.7. The molecule has 2 nitrogen and oxygen atoms in total. The summed E-state index contributed by atoms with van der Waals surface area (Å²) in [6, 6.07) is 92.7. The van der Waals surface area contributed by atoms with Crippen LogP contribution in [0, 0.1) is 0 Å². The number of hydrogen-bond acceptors (Lipinski definition) is 1. The molecular weight excluding hydrogens is 821 g/mol. The quantitative estimate of drug-likeness (QED) is 0.133. The van der Waals surface area contributed by atoms with Crippen molar-refractivity contribution in [1.29, 1.82) is 0 Å². The van der Waals surface area contributed by atoms with E-state index in [-0.39, 0.29) is 0 Å². The van der Waals surface area contributed by atoms with Gasteiger partial charge in [-0.1, -0.05) is 206 Å². The normalized spacial score (nSPS) is 13.4. The van der Waals surface area contributed by atoms with Gasteiger partial charge in [0.25, 0.3) is 0 Å². The maximum absolute atomic E-state index is 2.43. The second kappa shape index (κ2) is 17.9. The van der Waals surface area contributed by atoms with Gasteiger partial charge in [0.2, 0.25) is 0 Å². The van der Waals surface area contributed by atoms with Crippen LogP contribution in [0.4, 0.5) is 17.1 Å². The van der Waals surface area contributed by atoms with Gasteiger partial charge in [0, 0.05) is 39.4 Å². The van der Waals surface area contributed by atoms with Crippen molar-refractivity contribution in [3.8, 4) is 50.2 Å². The average Bonchev–Trinajstić information content (AvgIpc) is 3.76. The van der Waals surface area contributed by atoms with Crippen molar-refractivity contribution in [3.63, 3.8) is 0 Å². The molecule has 1 aliphatic rings. The van der Waals surface area contributed by atoms with E-state index in [1.165, 1.54) is 77.5 Å². The highest BCUT2D eigenvalue weighted by Gasteiger charge is 2.21. The van der Waals surface area contributed by atoms with Gasteiger partial charge in [0.1, 0.15) is 0 Å². The van der Waals surface area contributed by atoms with E-state index in [0.717, 1.165) is 34.7 Å². The lowest BCUT2D eigenvalue weighted by molar-refractivity contribution is 0.856. The fourth-order valence-corrected chi connectivity index (χ4v) is 10.1. The Kier molecular flexibility index (Phi) is 10.7. The van der Waals surface area contributed by atoms with Crippen molar-refractivity contribution in [2.45, 2.75) is 12.3 Å². The Morgan fingerprint density at radius 2 is 0.882 bits per heavy atom. The van der Waals surface area contributed by atoms with Crippen LogP contribution < -0.4 is 4.90 Å². The third kappa shape index (κ3) is 7.82. The summed E-state index contributed by atoms with van der Waals surface area (Å²) in [7, 11) is 0. The van der Waals surface area contributed by atoms with Crippen molar-refractivity contribution in [2.24, 2.45) is 0 Å². The molecule has 2 heteroatoms. The Labute approximate surface area is 398 Å². The summed E-state index contributed by atoms with van der Waals surface area (Å²) in [6.07, 6.45) is 8.00. The molecule has 0 aliphatic heterocycles. The van der Waals surface area contributed by atoms with E-state index >= 15 is 0 Å². The Morgan fingerprint density at radius 3 is 1.50 bits per heavy atom. The zero-order chi connectivity index (χ0) is 45.2. The monoisotopic (exact) mass is 868 g/mol. The van der Waals surface area contributed by atoms with Crippen LogP contribution in [0.1, 0.15) is 23.5 Å². The minimum absolute atomic E-state index is 0.318. The summed E-state index contributed by atoms with van der Waals surface area (Å²) in [5.74, 6) is 0.318. The summed E-state index contributed by atoms with van der Waals surface area (Å²) in [5.41, 5.74) is 20.2. The molecule has 11 aromatic rings. The molecule has 0 saturated heterocycles. The van der Waals surface area contributed by atoms with E-state index < -0.39 is 0 Å². The van der Waals surface area contributed by atoms with Crippen LogP contribution in [0.25, 0.3) is 77.6 Å². The standard InChI is InChI=1S/C66H48N2/c1-5-16-47(17-6-1)50-28-32-52(33-29-50)54-36-40-59(41-37-54)67(60-42-38-55(39-43-60)53-34-30-51(31-35-53)48-18-7-2-8-19-48)61-25-15-22-56(44-61)63-45-57(49-20-9-3-10-21-49)46-65-66(63)62-26-13-14-27-64(62)68(65)58-23-11-4-12-24-58/h1-34,36-46,53H,35H2. The van der Waals surface area contributed by atoms with Crippen LogP contribution in [-0.4, -0.2) is 4.57 Å². The third-order valence-corrected chi connectivity index (χ3v) is 13.5. The number of para-hydroxylation sites is 2. The summed E-state index contributed by atoms with van der Waals surface area (Å²) < 4.78 is 2.43. The maximum atomic E-state index is 2.43.